The summed E-state index contributed by atoms with van der Waals surface area (Å²) >= 11 is 0. The van der Waals surface area contributed by atoms with E-state index in [2.05, 4.69) is 57.2 Å². The molecule has 0 spiro atoms. The van der Waals surface area contributed by atoms with Gasteiger partial charge in [0.15, 0.2) is 0 Å². The van der Waals surface area contributed by atoms with Gasteiger partial charge in [0.25, 0.3) is 0 Å². The lowest BCUT2D eigenvalue weighted by molar-refractivity contribution is 0.159. The number of rotatable bonds is 4. The number of hydrogen-bond donors (Lipinski definition) is 0. The molecule has 3 fully saturated rings. The highest BCUT2D eigenvalue weighted by Gasteiger charge is 2.36. The third-order valence-corrected chi connectivity index (χ3v) is 9.77. The molecule has 0 nitrogen and oxygen atoms in total. The molecule has 4 unspecified atom stereocenters. The van der Waals surface area contributed by atoms with Crippen LogP contribution in [0.25, 0.3) is 0 Å². The van der Waals surface area contributed by atoms with Crippen LogP contribution in [-0.2, 0) is 0 Å². The lowest BCUT2D eigenvalue weighted by Crippen LogP contribution is -2.29. The molecule has 178 valence electrons. The molecule has 0 N–H and O–H groups in total. The van der Waals surface area contributed by atoms with Crippen LogP contribution in [-0.4, -0.2) is 0 Å². The molecular weight excluding hydrogens is 396 g/mol. The van der Waals surface area contributed by atoms with Gasteiger partial charge in [-0.15, -0.1) is 0 Å². The standard InChI is InChI=1S/C33H46/c1-23-18-30(26-10-5-4-6-11-26)22-31(19-23)27-12-9-13-28(21-27)32-14-7-8-15-33(32)29-17-16-24(2)25(3)20-29/h16-20,22,26-28,32-33H,4-15,21H2,1-3H3. The zero-order valence-corrected chi connectivity index (χ0v) is 21.5. The van der Waals surface area contributed by atoms with Crippen LogP contribution in [0.4, 0.5) is 0 Å². The topological polar surface area (TPSA) is 0 Å². The highest BCUT2D eigenvalue weighted by atomic mass is 14.4. The van der Waals surface area contributed by atoms with Crippen LogP contribution < -0.4 is 0 Å². The van der Waals surface area contributed by atoms with Crippen molar-refractivity contribution in [3.63, 3.8) is 0 Å². The van der Waals surface area contributed by atoms with E-state index < -0.39 is 0 Å². The average molecular weight is 443 g/mol. The molecule has 5 rings (SSSR count). The zero-order chi connectivity index (χ0) is 22.8. The summed E-state index contributed by atoms with van der Waals surface area (Å²) in [6.45, 7) is 6.90. The maximum Gasteiger partial charge on any atom is -0.0131 e. The van der Waals surface area contributed by atoms with Crippen molar-refractivity contribution in [3.8, 4) is 0 Å². The molecule has 0 amide bonds. The van der Waals surface area contributed by atoms with Gasteiger partial charge in [0.05, 0.1) is 0 Å². The Balaban J connectivity index is 1.35. The maximum atomic E-state index is 2.65. The molecule has 0 heterocycles. The molecule has 0 bridgehead atoms. The molecule has 33 heavy (non-hydrogen) atoms. The molecule has 3 aliphatic rings. The van der Waals surface area contributed by atoms with Crippen LogP contribution in [0.5, 0.6) is 0 Å². The monoisotopic (exact) mass is 442 g/mol. The lowest BCUT2D eigenvalue weighted by Gasteiger charge is -2.42. The molecule has 2 aromatic rings. The Labute approximate surface area is 203 Å². The summed E-state index contributed by atoms with van der Waals surface area (Å²) in [5, 5.41) is 0. The fourth-order valence-corrected chi connectivity index (χ4v) is 7.80. The van der Waals surface area contributed by atoms with Crippen LogP contribution in [0.1, 0.15) is 135 Å². The van der Waals surface area contributed by atoms with Gasteiger partial charge >= 0.3 is 0 Å². The van der Waals surface area contributed by atoms with Crippen LogP contribution in [0.2, 0.25) is 0 Å². The summed E-state index contributed by atoms with van der Waals surface area (Å²) in [4.78, 5) is 0. The van der Waals surface area contributed by atoms with Crippen molar-refractivity contribution in [1.29, 1.82) is 0 Å². The third-order valence-electron chi connectivity index (χ3n) is 9.77. The van der Waals surface area contributed by atoms with Crippen molar-refractivity contribution in [2.24, 2.45) is 11.8 Å². The first kappa shape index (κ1) is 23.2. The first-order chi connectivity index (χ1) is 16.1. The molecule has 3 saturated carbocycles. The minimum absolute atomic E-state index is 0.785. The largest absolute Gasteiger partial charge is 0.0588 e. The molecule has 2 aromatic carbocycles. The van der Waals surface area contributed by atoms with Crippen molar-refractivity contribution < 1.29 is 0 Å². The number of hydrogen-bond acceptors (Lipinski definition) is 0. The second kappa shape index (κ2) is 10.4. The van der Waals surface area contributed by atoms with Gasteiger partial charge in [-0.1, -0.05) is 86.9 Å². The summed E-state index contributed by atoms with van der Waals surface area (Å²) in [7, 11) is 0. The van der Waals surface area contributed by atoms with E-state index >= 15 is 0 Å². The van der Waals surface area contributed by atoms with E-state index in [9.17, 15) is 0 Å². The van der Waals surface area contributed by atoms with E-state index in [1.54, 1.807) is 16.7 Å². The number of aryl methyl sites for hydroxylation is 3. The van der Waals surface area contributed by atoms with Gasteiger partial charge in [-0.05, 0) is 117 Å². The van der Waals surface area contributed by atoms with Gasteiger partial charge in [-0.3, -0.25) is 0 Å². The van der Waals surface area contributed by atoms with Crippen LogP contribution in [0.3, 0.4) is 0 Å². The second-order valence-electron chi connectivity index (χ2n) is 12.0. The SMILES string of the molecule is Cc1cc(C2CCCCC2)cc(C2CCCC(C3CCCCC3c3ccc(C)c(C)c3)C2)c1. The molecule has 0 aromatic heterocycles. The first-order valence-corrected chi connectivity index (χ1v) is 14.3. The van der Waals surface area contributed by atoms with E-state index in [0.29, 0.717) is 0 Å². The van der Waals surface area contributed by atoms with Crippen molar-refractivity contribution in [2.75, 3.05) is 0 Å². The quantitative estimate of drug-likeness (QED) is 0.442. The van der Waals surface area contributed by atoms with Gasteiger partial charge < -0.3 is 0 Å². The average Bonchev–Trinajstić information content (AvgIpc) is 2.86. The van der Waals surface area contributed by atoms with Gasteiger partial charge in [-0.25, -0.2) is 0 Å². The highest BCUT2D eigenvalue weighted by molar-refractivity contribution is 5.35. The van der Waals surface area contributed by atoms with Crippen LogP contribution in [0, 0.1) is 32.6 Å². The normalized spacial score (nSPS) is 29.2. The van der Waals surface area contributed by atoms with Gasteiger partial charge in [0.1, 0.15) is 0 Å². The molecular formula is C33H46. The summed E-state index contributed by atoms with van der Waals surface area (Å²) in [6, 6.07) is 15.1. The van der Waals surface area contributed by atoms with Crippen molar-refractivity contribution in [1.82, 2.24) is 0 Å². The van der Waals surface area contributed by atoms with Crippen LogP contribution >= 0.6 is 0 Å². The predicted octanol–water partition coefficient (Wildman–Crippen LogP) is 9.91. The van der Waals surface area contributed by atoms with E-state index in [-0.39, 0.29) is 0 Å². The third kappa shape index (κ3) is 5.26. The van der Waals surface area contributed by atoms with Gasteiger partial charge in [-0.2, -0.15) is 0 Å². The summed E-state index contributed by atoms with van der Waals surface area (Å²) in [5.41, 5.74) is 9.41. The maximum absolute atomic E-state index is 2.65. The van der Waals surface area contributed by atoms with E-state index in [1.807, 2.05) is 0 Å². The fraction of sp³-hybridized carbons (Fsp3) is 0.636. The summed E-state index contributed by atoms with van der Waals surface area (Å²) in [6.07, 6.45) is 18.6. The Hall–Kier alpha value is -1.56. The molecule has 0 aliphatic heterocycles. The molecule has 0 heteroatoms. The second-order valence-corrected chi connectivity index (χ2v) is 12.0. The Kier molecular flexibility index (Phi) is 7.29. The summed E-state index contributed by atoms with van der Waals surface area (Å²) in [5.74, 6) is 4.20. The minimum Gasteiger partial charge on any atom is -0.0588 e. The smallest absolute Gasteiger partial charge is 0.0131 e. The Morgan fingerprint density at radius 2 is 1.24 bits per heavy atom. The van der Waals surface area contributed by atoms with E-state index in [0.717, 1.165) is 29.6 Å². The Morgan fingerprint density at radius 1 is 0.545 bits per heavy atom. The zero-order valence-electron chi connectivity index (χ0n) is 21.5. The van der Waals surface area contributed by atoms with Gasteiger partial charge in [0, 0.05) is 0 Å². The predicted molar refractivity (Wildman–Crippen MR) is 142 cm³/mol. The molecule has 4 atom stereocenters. The van der Waals surface area contributed by atoms with Gasteiger partial charge in [0.2, 0.25) is 0 Å². The molecule has 0 radical (unpaired) electrons. The van der Waals surface area contributed by atoms with Crippen LogP contribution in [0.15, 0.2) is 36.4 Å². The van der Waals surface area contributed by atoms with E-state index in [1.165, 1.54) is 100 Å². The number of benzene rings is 2. The Morgan fingerprint density at radius 3 is 2.03 bits per heavy atom. The minimum atomic E-state index is 0.785. The summed E-state index contributed by atoms with van der Waals surface area (Å²) < 4.78 is 0. The highest BCUT2D eigenvalue weighted by Crippen LogP contribution is 2.49. The molecule has 0 saturated heterocycles. The van der Waals surface area contributed by atoms with E-state index in [4.69, 9.17) is 0 Å². The lowest BCUT2D eigenvalue weighted by atomic mass is 9.63. The fourth-order valence-electron chi connectivity index (χ4n) is 7.80. The van der Waals surface area contributed by atoms with Crippen molar-refractivity contribution in [2.45, 2.75) is 122 Å². The van der Waals surface area contributed by atoms with Crippen molar-refractivity contribution in [3.05, 3.63) is 69.8 Å². The first-order valence-electron chi connectivity index (χ1n) is 14.3. The van der Waals surface area contributed by atoms with Crippen molar-refractivity contribution >= 4 is 0 Å². The Bertz CT molecular complexity index is 931. The molecule has 3 aliphatic carbocycles.